The van der Waals surface area contributed by atoms with Gasteiger partial charge in [0.15, 0.2) is 0 Å². The number of benzene rings is 3. The van der Waals surface area contributed by atoms with Crippen LogP contribution in [0.5, 0.6) is 0 Å². The number of hydrogen-bond donors (Lipinski definition) is 0. The molecule has 0 aliphatic carbocycles. The Morgan fingerprint density at radius 3 is 2.25 bits per heavy atom. The maximum absolute atomic E-state index is 13.6. The van der Waals surface area contributed by atoms with E-state index in [4.69, 9.17) is 5.10 Å². The molecule has 2 nitrogen and oxygen atoms in total. The van der Waals surface area contributed by atoms with E-state index in [1.807, 2.05) is 59.6 Å². The van der Waals surface area contributed by atoms with Gasteiger partial charge < -0.3 is 0 Å². The fourth-order valence-electron chi connectivity index (χ4n) is 3.11. The van der Waals surface area contributed by atoms with Crippen molar-refractivity contribution in [1.29, 1.82) is 0 Å². The van der Waals surface area contributed by atoms with Gasteiger partial charge in [0.1, 0.15) is 5.82 Å². The third kappa shape index (κ3) is 2.81. The van der Waals surface area contributed by atoms with E-state index in [9.17, 15) is 4.39 Å². The van der Waals surface area contributed by atoms with Crippen LogP contribution in [0.3, 0.4) is 0 Å². The van der Waals surface area contributed by atoms with Crippen molar-refractivity contribution in [3.8, 4) is 0 Å². The van der Waals surface area contributed by atoms with Gasteiger partial charge in [-0.25, -0.2) is 4.39 Å². The minimum Gasteiger partial charge on any atom is -0.257 e. The molecular weight excluding hydrogens is 299 g/mol. The van der Waals surface area contributed by atoms with Crippen LogP contribution in [0.25, 0.3) is 0 Å². The minimum atomic E-state index is -0.232. The molecule has 1 atom stereocenters. The Labute approximate surface area is 140 Å². The average molecular weight is 316 g/mol. The van der Waals surface area contributed by atoms with E-state index in [0.29, 0.717) is 0 Å². The smallest absolute Gasteiger partial charge is 0.123 e. The Kier molecular flexibility index (Phi) is 3.83. The van der Waals surface area contributed by atoms with Crippen molar-refractivity contribution in [2.45, 2.75) is 12.5 Å². The van der Waals surface area contributed by atoms with E-state index >= 15 is 0 Å². The third-order valence-electron chi connectivity index (χ3n) is 4.27. The van der Waals surface area contributed by atoms with Crippen LogP contribution in [0, 0.1) is 5.82 Å². The third-order valence-corrected chi connectivity index (χ3v) is 4.27. The molecule has 0 fully saturated rings. The quantitative estimate of drug-likeness (QED) is 0.650. The summed E-state index contributed by atoms with van der Waals surface area (Å²) < 4.78 is 13.6. The minimum absolute atomic E-state index is 0.117. The fourth-order valence-corrected chi connectivity index (χ4v) is 3.11. The zero-order chi connectivity index (χ0) is 16.4. The molecule has 3 heteroatoms. The first-order valence-corrected chi connectivity index (χ1v) is 8.04. The molecular formula is C21H17FN2. The highest BCUT2D eigenvalue weighted by Crippen LogP contribution is 2.36. The topological polar surface area (TPSA) is 15.6 Å². The van der Waals surface area contributed by atoms with Crippen LogP contribution in [0.1, 0.15) is 23.6 Å². The maximum atomic E-state index is 13.6. The van der Waals surface area contributed by atoms with Gasteiger partial charge in [-0.15, -0.1) is 0 Å². The first kappa shape index (κ1) is 14.6. The van der Waals surface area contributed by atoms with E-state index < -0.39 is 0 Å². The molecule has 118 valence electrons. The lowest BCUT2D eigenvalue weighted by atomic mass is 9.98. The Bertz CT molecular complexity index is 859. The summed E-state index contributed by atoms with van der Waals surface area (Å²) in [5.74, 6) is -0.232. The highest BCUT2D eigenvalue weighted by atomic mass is 19.1. The van der Waals surface area contributed by atoms with Crippen molar-refractivity contribution in [2.75, 3.05) is 5.01 Å². The van der Waals surface area contributed by atoms with E-state index in [2.05, 4.69) is 12.1 Å². The molecule has 4 rings (SSSR count). The molecule has 0 saturated carbocycles. The molecule has 0 amide bonds. The van der Waals surface area contributed by atoms with Crippen molar-refractivity contribution in [1.82, 2.24) is 0 Å². The summed E-state index contributed by atoms with van der Waals surface area (Å²) in [6.07, 6.45) is 0.752. The van der Waals surface area contributed by atoms with Crippen molar-refractivity contribution in [3.63, 3.8) is 0 Å². The second-order valence-electron chi connectivity index (χ2n) is 5.87. The van der Waals surface area contributed by atoms with E-state index in [1.165, 1.54) is 11.6 Å². The highest BCUT2D eigenvalue weighted by Gasteiger charge is 2.29. The fraction of sp³-hybridized carbons (Fsp3) is 0.0952. The number of hydrogen-bond acceptors (Lipinski definition) is 2. The summed E-state index contributed by atoms with van der Waals surface area (Å²) in [6.45, 7) is 0. The normalized spacial score (nSPS) is 17.0. The van der Waals surface area contributed by atoms with Gasteiger partial charge in [0, 0.05) is 12.0 Å². The van der Waals surface area contributed by atoms with Gasteiger partial charge in [-0.2, -0.15) is 5.10 Å². The lowest BCUT2D eigenvalue weighted by Crippen LogP contribution is -2.18. The predicted molar refractivity (Wildman–Crippen MR) is 95.7 cm³/mol. The molecule has 0 N–H and O–H groups in total. The van der Waals surface area contributed by atoms with Crippen LogP contribution in [-0.4, -0.2) is 5.71 Å². The largest absolute Gasteiger partial charge is 0.257 e. The zero-order valence-electron chi connectivity index (χ0n) is 13.1. The first-order chi connectivity index (χ1) is 11.8. The molecule has 1 heterocycles. The number of hydrazone groups is 1. The second-order valence-corrected chi connectivity index (χ2v) is 5.87. The molecule has 1 aliphatic rings. The molecule has 0 spiro atoms. The van der Waals surface area contributed by atoms with Gasteiger partial charge in [0.25, 0.3) is 0 Å². The highest BCUT2D eigenvalue weighted by molar-refractivity contribution is 6.03. The van der Waals surface area contributed by atoms with Gasteiger partial charge in [0.2, 0.25) is 0 Å². The van der Waals surface area contributed by atoms with Gasteiger partial charge in [-0.3, -0.25) is 5.01 Å². The lowest BCUT2D eigenvalue weighted by Gasteiger charge is -2.23. The molecule has 0 bridgehead atoms. The number of halogens is 1. The summed E-state index contributed by atoms with van der Waals surface area (Å²) in [7, 11) is 0. The maximum Gasteiger partial charge on any atom is 0.123 e. The lowest BCUT2D eigenvalue weighted by molar-refractivity contribution is 0.627. The van der Waals surface area contributed by atoms with Crippen LogP contribution in [-0.2, 0) is 0 Å². The Morgan fingerprint density at radius 1 is 0.833 bits per heavy atom. The van der Waals surface area contributed by atoms with Crippen LogP contribution in [0.4, 0.5) is 10.1 Å². The monoisotopic (exact) mass is 316 g/mol. The van der Waals surface area contributed by atoms with E-state index in [-0.39, 0.29) is 11.9 Å². The van der Waals surface area contributed by atoms with Gasteiger partial charge in [0.05, 0.1) is 17.4 Å². The summed E-state index contributed by atoms with van der Waals surface area (Å²) >= 11 is 0. The zero-order valence-corrected chi connectivity index (χ0v) is 13.1. The van der Waals surface area contributed by atoms with Crippen molar-refractivity contribution in [2.24, 2.45) is 5.10 Å². The molecule has 3 aromatic carbocycles. The number of para-hydroxylation sites is 1. The standard InChI is InChI=1S/C21H17FN2/c22-18-11-7-10-17(14-18)20-15-21(16-8-3-1-4-9-16)24(23-20)19-12-5-2-6-13-19/h1-14,21H,15H2/t21-/m0/s1. The Balaban J connectivity index is 1.76. The number of rotatable bonds is 3. The predicted octanol–water partition coefficient (Wildman–Crippen LogP) is 5.18. The Hall–Kier alpha value is -2.94. The van der Waals surface area contributed by atoms with Gasteiger partial charge in [-0.1, -0.05) is 60.7 Å². The second kappa shape index (κ2) is 6.28. The summed E-state index contributed by atoms with van der Waals surface area (Å²) in [5, 5.41) is 6.85. The average Bonchev–Trinajstić information content (AvgIpc) is 3.09. The van der Waals surface area contributed by atoms with Crippen LogP contribution >= 0.6 is 0 Å². The van der Waals surface area contributed by atoms with Crippen molar-refractivity contribution < 1.29 is 4.39 Å². The molecule has 0 saturated heterocycles. The Morgan fingerprint density at radius 2 is 1.54 bits per heavy atom. The SMILES string of the molecule is Fc1cccc(C2=NN(c3ccccc3)[C@H](c3ccccc3)C2)c1. The molecule has 1 aliphatic heterocycles. The van der Waals surface area contributed by atoms with Gasteiger partial charge in [-0.05, 0) is 29.8 Å². The molecule has 0 radical (unpaired) electrons. The van der Waals surface area contributed by atoms with Crippen molar-refractivity contribution >= 4 is 11.4 Å². The first-order valence-electron chi connectivity index (χ1n) is 8.04. The number of nitrogens with zero attached hydrogens (tertiary/aromatic N) is 2. The number of anilines is 1. The van der Waals surface area contributed by atoms with Crippen LogP contribution in [0.15, 0.2) is 90.0 Å². The van der Waals surface area contributed by atoms with Crippen LogP contribution < -0.4 is 5.01 Å². The molecule has 24 heavy (non-hydrogen) atoms. The summed E-state index contributed by atoms with van der Waals surface area (Å²) in [6, 6.07) is 27.2. The molecule has 3 aromatic rings. The molecule has 0 aromatic heterocycles. The van der Waals surface area contributed by atoms with E-state index in [0.717, 1.165) is 23.4 Å². The van der Waals surface area contributed by atoms with Gasteiger partial charge >= 0.3 is 0 Å². The van der Waals surface area contributed by atoms with Crippen molar-refractivity contribution in [3.05, 3.63) is 102 Å². The van der Waals surface area contributed by atoms with Crippen LogP contribution in [0.2, 0.25) is 0 Å². The summed E-state index contributed by atoms with van der Waals surface area (Å²) in [5.41, 5.74) is 4.00. The molecule has 0 unspecified atom stereocenters. The van der Waals surface area contributed by atoms with E-state index in [1.54, 1.807) is 12.1 Å². The summed E-state index contributed by atoms with van der Waals surface area (Å²) in [4.78, 5) is 0.